The first-order chi connectivity index (χ1) is 12.2. The highest BCUT2D eigenvalue weighted by molar-refractivity contribution is 9.10. The number of hydrogen-bond donors (Lipinski definition) is 1. The Balaban J connectivity index is 1.93. The lowest BCUT2D eigenvalue weighted by Gasteiger charge is -2.26. The molecule has 4 heteroatoms. The molecule has 0 aromatic heterocycles. The van der Waals surface area contributed by atoms with Gasteiger partial charge in [-0.3, -0.25) is 0 Å². The molecular formula is C21H24BrNOS. The van der Waals surface area contributed by atoms with Crippen molar-refractivity contribution >= 4 is 33.4 Å². The number of nitrogens with zero attached hydrogens (tertiary/aromatic N) is 1. The summed E-state index contributed by atoms with van der Waals surface area (Å²) in [4.78, 5) is 0. The van der Waals surface area contributed by atoms with E-state index in [9.17, 15) is 5.21 Å². The molecule has 1 aliphatic rings. The first-order valence-corrected chi connectivity index (χ1v) is 10.7. The van der Waals surface area contributed by atoms with Gasteiger partial charge in [0.15, 0.2) is 0 Å². The minimum atomic E-state index is 0.217. The topological polar surface area (TPSA) is 32.6 Å². The van der Waals surface area contributed by atoms with Crippen LogP contribution in [0, 0.1) is 12.8 Å². The highest BCUT2D eigenvalue weighted by Crippen LogP contribution is 2.34. The summed E-state index contributed by atoms with van der Waals surface area (Å²) in [5.74, 6) is 2.96. The molecule has 1 unspecified atom stereocenters. The molecular weight excluding hydrogens is 394 g/mol. The van der Waals surface area contributed by atoms with Crippen LogP contribution in [-0.4, -0.2) is 22.4 Å². The van der Waals surface area contributed by atoms with Crippen LogP contribution in [0.5, 0.6) is 0 Å². The third-order valence-corrected chi connectivity index (χ3v) is 6.65. The van der Waals surface area contributed by atoms with Gasteiger partial charge in [-0.2, -0.15) is 11.8 Å². The van der Waals surface area contributed by atoms with Crippen LogP contribution < -0.4 is 0 Å². The van der Waals surface area contributed by atoms with E-state index >= 15 is 0 Å². The molecule has 0 spiro atoms. The number of oxime groups is 1. The van der Waals surface area contributed by atoms with E-state index in [0.29, 0.717) is 5.92 Å². The van der Waals surface area contributed by atoms with Gasteiger partial charge in [0.05, 0.1) is 5.71 Å². The Labute approximate surface area is 162 Å². The van der Waals surface area contributed by atoms with E-state index < -0.39 is 0 Å². The second-order valence-electron chi connectivity index (χ2n) is 6.64. The summed E-state index contributed by atoms with van der Waals surface area (Å²) in [5, 5.41) is 13.5. The number of halogens is 1. The minimum Gasteiger partial charge on any atom is -0.411 e. The average molecular weight is 418 g/mol. The lowest BCUT2D eigenvalue weighted by Crippen LogP contribution is -2.22. The van der Waals surface area contributed by atoms with Crippen LogP contribution in [0.1, 0.15) is 41.9 Å². The van der Waals surface area contributed by atoms with Crippen molar-refractivity contribution in [3.05, 3.63) is 69.7 Å². The lowest BCUT2D eigenvalue weighted by atomic mass is 9.81. The molecule has 0 saturated carbocycles. The van der Waals surface area contributed by atoms with Gasteiger partial charge in [0, 0.05) is 22.7 Å². The van der Waals surface area contributed by atoms with Crippen molar-refractivity contribution < 1.29 is 5.21 Å². The molecule has 2 nitrogen and oxygen atoms in total. The summed E-state index contributed by atoms with van der Waals surface area (Å²) in [5.41, 5.74) is 4.82. The molecule has 1 N–H and O–H groups in total. The van der Waals surface area contributed by atoms with Crippen molar-refractivity contribution in [3.63, 3.8) is 0 Å². The van der Waals surface area contributed by atoms with Crippen molar-refractivity contribution in [2.75, 3.05) is 11.5 Å². The van der Waals surface area contributed by atoms with Crippen LogP contribution in [0.25, 0.3) is 0 Å². The predicted octanol–water partition coefficient (Wildman–Crippen LogP) is 6.25. The molecule has 1 heterocycles. The Morgan fingerprint density at radius 1 is 1.16 bits per heavy atom. The molecule has 0 bridgehead atoms. The number of benzene rings is 2. The van der Waals surface area contributed by atoms with E-state index in [0.717, 1.165) is 41.0 Å². The van der Waals surface area contributed by atoms with Crippen LogP contribution in [0.3, 0.4) is 0 Å². The summed E-state index contributed by atoms with van der Waals surface area (Å²) in [7, 11) is 0. The molecule has 1 saturated heterocycles. The number of hydrogen-bond acceptors (Lipinski definition) is 3. The van der Waals surface area contributed by atoms with Gasteiger partial charge in [0.2, 0.25) is 0 Å². The largest absolute Gasteiger partial charge is 0.411 e. The lowest BCUT2D eigenvalue weighted by molar-refractivity contribution is 0.311. The fourth-order valence-electron chi connectivity index (χ4n) is 3.61. The van der Waals surface area contributed by atoms with Gasteiger partial charge >= 0.3 is 0 Å². The van der Waals surface area contributed by atoms with Gasteiger partial charge < -0.3 is 5.21 Å². The summed E-state index contributed by atoms with van der Waals surface area (Å²) in [6.07, 6.45) is 3.01. The SMILES string of the molecule is Cc1ccccc1C(C/C(=N\O)C1CCSCC1)c1ccc(Br)cc1. The maximum atomic E-state index is 9.71. The van der Waals surface area contributed by atoms with E-state index in [-0.39, 0.29) is 5.92 Å². The highest BCUT2D eigenvalue weighted by atomic mass is 79.9. The average Bonchev–Trinajstić information content (AvgIpc) is 2.65. The van der Waals surface area contributed by atoms with Crippen molar-refractivity contribution in [1.82, 2.24) is 0 Å². The first-order valence-electron chi connectivity index (χ1n) is 8.78. The van der Waals surface area contributed by atoms with Crippen LogP contribution in [0.4, 0.5) is 0 Å². The Morgan fingerprint density at radius 3 is 2.48 bits per heavy atom. The normalized spacial score (nSPS) is 17.4. The Bertz CT molecular complexity index is 723. The quantitative estimate of drug-likeness (QED) is 0.354. The maximum Gasteiger partial charge on any atom is 0.0611 e. The van der Waals surface area contributed by atoms with Gasteiger partial charge in [-0.25, -0.2) is 0 Å². The summed E-state index contributed by atoms with van der Waals surface area (Å²) >= 11 is 5.53. The second kappa shape index (κ2) is 8.91. The Hall–Kier alpha value is -1.26. The molecule has 25 heavy (non-hydrogen) atoms. The molecule has 2 aromatic rings. The Morgan fingerprint density at radius 2 is 1.84 bits per heavy atom. The monoisotopic (exact) mass is 417 g/mol. The fraction of sp³-hybridized carbons (Fsp3) is 0.381. The second-order valence-corrected chi connectivity index (χ2v) is 8.78. The van der Waals surface area contributed by atoms with Crippen molar-refractivity contribution in [2.24, 2.45) is 11.1 Å². The van der Waals surface area contributed by atoms with Crippen LogP contribution >= 0.6 is 27.7 Å². The van der Waals surface area contributed by atoms with Crippen molar-refractivity contribution in [1.29, 1.82) is 0 Å². The zero-order valence-corrected chi connectivity index (χ0v) is 16.9. The zero-order valence-electron chi connectivity index (χ0n) is 14.5. The van der Waals surface area contributed by atoms with Crippen LogP contribution in [-0.2, 0) is 0 Å². The molecule has 132 valence electrons. The molecule has 1 atom stereocenters. The molecule has 0 aliphatic carbocycles. The number of aryl methyl sites for hydroxylation is 1. The predicted molar refractivity (Wildman–Crippen MR) is 111 cm³/mol. The highest BCUT2D eigenvalue weighted by Gasteiger charge is 2.25. The third-order valence-electron chi connectivity index (χ3n) is 5.07. The van der Waals surface area contributed by atoms with Crippen LogP contribution in [0.2, 0.25) is 0 Å². The molecule has 1 fully saturated rings. The van der Waals surface area contributed by atoms with E-state index in [1.165, 1.54) is 16.7 Å². The van der Waals surface area contributed by atoms with E-state index in [4.69, 9.17) is 0 Å². The Kier molecular flexibility index (Phi) is 6.60. The maximum absolute atomic E-state index is 9.71. The molecule has 2 aromatic carbocycles. The molecule has 1 aliphatic heterocycles. The zero-order chi connectivity index (χ0) is 17.6. The van der Waals surface area contributed by atoms with Gasteiger partial charge in [-0.1, -0.05) is 57.5 Å². The molecule has 3 rings (SSSR count). The van der Waals surface area contributed by atoms with Crippen molar-refractivity contribution in [3.8, 4) is 0 Å². The van der Waals surface area contributed by atoms with Crippen LogP contribution in [0.15, 0.2) is 58.2 Å². The van der Waals surface area contributed by atoms with E-state index in [2.05, 4.69) is 76.5 Å². The molecule has 0 amide bonds. The number of rotatable bonds is 5. The standard InChI is InChI=1S/C21H24BrNOS/c1-15-4-2-3-5-19(15)20(16-6-8-18(22)9-7-16)14-21(23-24)17-10-12-25-13-11-17/h2-9,17,20,24H,10-14H2,1H3/b23-21+. The summed E-state index contributed by atoms with van der Waals surface area (Å²) in [6, 6.07) is 17.1. The fourth-order valence-corrected chi connectivity index (χ4v) is 4.98. The first kappa shape index (κ1) is 18.5. The summed E-state index contributed by atoms with van der Waals surface area (Å²) in [6.45, 7) is 2.16. The molecule has 0 radical (unpaired) electrons. The smallest absolute Gasteiger partial charge is 0.0611 e. The minimum absolute atomic E-state index is 0.217. The third kappa shape index (κ3) is 4.68. The van der Waals surface area contributed by atoms with Gasteiger partial charge in [0.1, 0.15) is 0 Å². The van der Waals surface area contributed by atoms with Crippen molar-refractivity contribution in [2.45, 2.75) is 32.1 Å². The van der Waals surface area contributed by atoms with Gasteiger partial charge in [-0.05, 0) is 60.1 Å². The van der Waals surface area contributed by atoms with Gasteiger partial charge in [0.25, 0.3) is 0 Å². The van der Waals surface area contributed by atoms with E-state index in [1.54, 1.807) is 0 Å². The summed E-state index contributed by atoms with van der Waals surface area (Å²) < 4.78 is 1.08. The van der Waals surface area contributed by atoms with Gasteiger partial charge in [-0.15, -0.1) is 0 Å². The number of thioether (sulfide) groups is 1. The van der Waals surface area contributed by atoms with E-state index in [1.807, 2.05) is 11.8 Å².